The van der Waals surface area contributed by atoms with Crippen LogP contribution in [0.1, 0.15) is 0 Å². The van der Waals surface area contributed by atoms with Gasteiger partial charge >= 0.3 is 0 Å². The lowest BCUT2D eigenvalue weighted by Crippen LogP contribution is -2.44. The first-order valence-electron chi connectivity index (χ1n) is 6.11. The highest BCUT2D eigenvalue weighted by atomic mass is 15.4. The molecule has 0 aliphatic carbocycles. The van der Waals surface area contributed by atoms with Gasteiger partial charge in [0, 0.05) is 38.6 Å². The van der Waals surface area contributed by atoms with Crippen molar-refractivity contribution in [2.24, 2.45) is 7.05 Å². The van der Waals surface area contributed by atoms with E-state index in [1.807, 2.05) is 11.7 Å². The highest BCUT2D eigenvalue weighted by molar-refractivity contribution is 5.90. The van der Waals surface area contributed by atoms with E-state index in [0.29, 0.717) is 0 Å². The van der Waals surface area contributed by atoms with Crippen LogP contribution in [-0.4, -0.2) is 47.9 Å². The summed E-state index contributed by atoms with van der Waals surface area (Å²) in [6.07, 6.45) is 0. The first kappa shape index (κ1) is 10.6. The van der Waals surface area contributed by atoms with Crippen LogP contribution < -0.4 is 4.90 Å². The normalized spacial score (nSPS) is 17.9. The van der Waals surface area contributed by atoms with Gasteiger partial charge < -0.3 is 9.80 Å². The van der Waals surface area contributed by atoms with Crippen molar-refractivity contribution in [3.63, 3.8) is 0 Å². The summed E-state index contributed by atoms with van der Waals surface area (Å²) in [5.41, 5.74) is 1.21. The molecule has 0 atom stereocenters. The number of fused-ring (bicyclic) bond motifs is 1. The van der Waals surface area contributed by atoms with Gasteiger partial charge in [-0.2, -0.15) is 5.10 Å². The minimum atomic E-state index is 1.07. The summed E-state index contributed by atoms with van der Waals surface area (Å²) in [6.45, 7) is 4.37. The number of piperazine rings is 1. The van der Waals surface area contributed by atoms with Gasteiger partial charge in [-0.05, 0) is 19.2 Å². The van der Waals surface area contributed by atoms with Crippen molar-refractivity contribution in [2.45, 2.75) is 0 Å². The van der Waals surface area contributed by atoms with Gasteiger partial charge in [0.05, 0.1) is 5.52 Å². The Kier molecular flexibility index (Phi) is 2.52. The van der Waals surface area contributed by atoms with Crippen molar-refractivity contribution in [3.8, 4) is 0 Å². The molecule has 0 unspecified atom stereocenters. The maximum absolute atomic E-state index is 4.66. The third kappa shape index (κ3) is 1.78. The topological polar surface area (TPSA) is 24.3 Å². The molecule has 0 spiro atoms. The average Bonchev–Trinajstić information content (AvgIpc) is 2.69. The van der Waals surface area contributed by atoms with Gasteiger partial charge in [-0.15, -0.1) is 0 Å². The van der Waals surface area contributed by atoms with Gasteiger partial charge in [-0.25, -0.2) is 0 Å². The molecule has 1 aromatic carbocycles. The number of aromatic nitrogens is 2. The van der Waals surface area contributed by atoms with Gasteiger partial charge in [0.15, 0.2) is 5.82 Å². The van der Waals surface area contributed by atoms with Gasteiger partial charge in [0.25, 0.3) is 0 Å². The molecule has 4 nitrogen and oxygen atoms in total. The van der Waals surface area contributed by atoms with Crippen LogP contribution in [0.3, 0.4) is 0 Å². The lowest BCUT2D eigenvalue weighted by atomic mass is 10.2. The summed E-state index contributed by atoms with van der Waals surface area (Å²) in [5, 5.41) is 5.93. The molecule has 1 aliphatic rings. The largest absolute Gasteiger partial charge is 0.352 e. The van der Waals surface area contributed by atoms with Gasteiger partial charge in [0.2, 0.25) is 0 Å². The zero-order valence-corrected chi connectivity index (χ0v) is 10.4. The first-order valence-corrected chi connectivity index (χ1v) is 6.11. The summed E-state index contributed by atoms with van der Waals surface area (Å²) in [7, 11) is 4.19. The fourth-order valence-electron chi connectivity index (χ4n) is 2.45. The fourth-order valence-corrected chi connectivity index (χ4v) is 2.45. The van der Waals surface area contributed by atoms with Crippen molar-refractivity contribution >= 4 is 16.7 Å². The summed E-state index contributed by atoms with van der Waals surface area (Å²) < 4.78 is 1.98. The van der Waals surface area contributed by atoms with Gasteiger partial charge in [0.1, 0.15) is 0 Å². The van der Waals surface area contributed by atoms with E-state index in [9.17, 15) is 0 Å². The van der Waals surface area contributed by atoms with Crippen molar-refractivity contribution in [1.82, 2.24) is 14.7 Å². The predicted molar refractivity (Wildman–Crippen MR) is 70.4 cm³/mol. The van der Waals surface area contributed by atoms with Crippen LogP contribution in [-0.2, 0) is 7.05 Å². The Bertz CT molecular complexity index is 523. The fraction of sp³-hybridized carbons (Fsp3) is 0.462. The van der Waals surface area contributed by atoms with E-state index in [1.165, 1.54) is 10.9 Å². The summed E-state index contributed by atoms with van der Waals surface area (Å²) in [6, 6.07) is 8.44. The number of rotatable bonds is 1. The van der Waals surface area contributed by atoms with E-state index >= 15 is 0 Å². The van der Waals surface area contributed by atoms with E-state index in [-0.39, 0.29) is 0 Å². The van der Waals surface area contributed by atoms with Gasteiger partial charge in [-0.3, -0.25) is 4.68 Å². The zero-order chi connectivity index (χ0) is 11.8. The summed E-state index contributed by atoms with van der Waals surface area (Å²) in [5.74, 6) is 1.14. The number of aryl methyl sites for hydroxylation is 1. The van der Waals surface area contributed by atoms with E-state index in [0.717, 1.165) is 32.0 Å². The standard InChI is InChI=1S/C13H18N4/c1-15-7-9-17(10-8-15)13-11-5-3-4-6-12(11)16(2)14-13/h3-6H,7-10H2,1-2H3. The molecular formula is C13H18N4. The van der Waals surface area contributed by atoms with Crippen LogP contribution in [0.5, 0.6) is 0 Å². The van der Waals surface area contributed by atoms with Crippen LogP contribution in [0.15, 0.2) is 24.3 Å². The molecule has 1 aromatic heterocycles. The van der Waals surface area contributed by atoms with E-state index < -0.39 is 0 Å². The van der Waals surface area contributed by atoms with Gasteiger partial charge in [-0.1, -0.05) is 12.1 Å². The van der Waals surface area contributed by atoms with Crippen molar-refractivity contribution in [1.29, 1.82) is 0 Å². The second-order valence-electron chi connectivity index (χ2n) is 4.75. The Morgan fingerprint density at radius 2 is 1.71 bits per heavy atom. The van der Waals surface area contributed by atoms with E-state index in [2.05, 4.69) is 46.2 Å². The molecule has 2 heterocycles. The SMILES string of the molecule is CN1CCN(c2nn(C)c3ccccc23)CC1. The van der Waals surface area contributed by atoms with E-state index in [4.69, 9.17) is 0 Å². The zero-order valence-electron chi connectivity index (χ0n) is 10.4. The second kappa shape index (κ2) is 4.04. The Hall–Kier alpha value is -1.55. The maximum Gasteiger partial charge on any atom is 0.158 e. The summed E-state index contributed by atoms with van der Waals surface area (Å²) in [4.78, 5) is 4.75. The number of anilines is 1. The third-order valence-electron chi connectivity index (χ3n) is 3.54. The summed E-state index contributed by atoms with van der Waals surface area (Å²) >= 11 is 0. The molecule has 2 aromatic rings. The number of para-hydroxylation sites is 1. The maximum atomic E-state index is 4.66. The quantitative estimate of drug-likeness (QED) is 0.738. The predicted octanol–water partition coefficient (Wildman–Crippen LogP) is 1.33. The minimum Gasteiger partial charge on any atom is -0.352 e. The minimum absolute atomic E-state index is 1.07. The van der Waals surface area contributed by atoms with Crippen LogP contribution >= 0.6 is 0 Å². The molecule has 0 N–H and O–H groups in total. The molecule has 1 fully saturated rings. The van der Waals surface area contributed by atoms with E-state index in [1.54, 1.807) is 0 Å². The highest BCUT2D eigenvalue weighted by Crippen LogP contribution is 2.25. The number of benzene rings is 1. The molecule has 17 heavy (non-hydrogen) atoms. The Morgan fingerprint density at radius 3 is 2.47 bits per heavy atom. The van der Waals surface area contributed by atoms with Crippen LogP contribution in [0, 0.1) is 0 Å². The Morgan fingerprint density at radius 1 is 1.00 bits per heavy atom. The first-order chi connectivity index (χ1) is 8.25. The van der Waals surface area contributed by atoms with Crippen molar-refractivity contribution in [3.05, 3.63) is 24.3 Å². The number of likely N-dealkylation sites (N-methyl/N-ethyl adjacent to an activating group) is 1. The molecule has 0 radical (unpaired) electrons. The Labute approximate surface area is 101 Å². The lowest BCUT2D eigenvalue weighted by molar-refractivity contribution is 0.312. The van der Waals surface area contributed by atoms with Crippen LogP contribution in [0.2, 0.25) is 0 Å². The molecular weight excluding hydrogens is 212 g/mol. The molecule has 1 aliphatic heterocycles. The van der Waals surface area contributed by atoms with Crippen LogP contribution in [0.25, 0.3) is 10.9 Å². The molecule has 90 valence electrons. The van der Waals surface area contributed by atoms with Crippen molar-refractivity contribution < 1.29 is 0 Å². The van der Waals surface area contributed by atoms with Crippen LogP contribution in [0.4, 0.5) is 5.82 Å². The number of hydrogen-bond donors (Lipinski definition) is 0. The molecule has 0 amide bonds. The Balaban J connectivity index is 2.00. The van der Waals surface area contributed by atoms with Crippen molar-refractivity contribution in [2.75, 3.05) is 38.1 Å². The molecule has 0 bridgehead atoms. The molecule has 1 saturated heterocycles. The smallest absolute Gasteiger partial charge is 0.158 e. The molecule has 0 saturated carbocycles. The second-order valence-corrected chi connectivity index (χ2v) is 4.75. The highest BCUT2D eigenvalue weighted by Gasteiger charge is 2.19. The molecule has 4 heteroatoms. The monoisotopic (exact) mass is 230 g/mol. The molecule has 3 rings (SSSR count). The number of nitrogens with zero attached hydrogens (tertiary/aromatic N) is 4. The third-order valence-corrected chi connectivity index (χ3v) is 3.54. The lowest BCUT2D eigenvalue weighted by Gasteiger charge is -2.32. The number of hydrogen-bond acceptors (Lipinski definition) is 3. The average molecular weight is 230 g/mol.